The molecule has 0 bridgehead atoms. The molecule has 48 valence electrons. The van der Waals surface area contributed by atoms with Gasteiger partial charge in [0.05, 0.1) is 0 Å². The molecule has 0 atom stereocenters. The molecule has 0 radical (unpaired) electrons. The molecule has 2 nitrogen and oxygen atoms in total. The molecule has 0 saturated carbocycles. The van der Waals surface area contributed by atoms with Gasteiger partial charge in [0.15, 0.2) is 0 Å². The molecule has 0 aromatic rings. The Hall–Kier alpha value is -0.0500. The monoisotopic (exact) mass is 134 g/mol. The fourth-order valence-electron chi connectivity index (χ4n) is 0.659. The van der Waals surface area contributed by atoms with E-state index in [-0.39, 0.29) is 12.4 Å². The van der Waals surface area contributed by atoms with Crippen LogP contribution in [0.2, 0.25) is 0 Å². The molecule has 0 aliphatic carbocycles. The second kappa shape index (κ2) is 3.89. The average Bonchev–Trinajstić information content (AvgIpc) is 1.69. The minimum atomic E-state index is 0. The highest BCUT2D eigenvalue weighted by Gasteiger charge is 1.96. The molecule has 0 amide bonds. The molecule has 1 aliphatic heterocycles. The third-order valence-corrected chi connectivity index (χ3v) is 1.09. The van der Waals surface area contributed by atoms with E-state index in [1.807, 2.05) is 0 Å². The molecule has 1 aliphatic rings. The Kier molecular flexibility index (Phi) is 3.87. The molecular formula is C5H11ClN2. The molecule has 1 rings (SSSR count). The van der Waals surface area contributed by atoms with Crippen LogP contribution in [0, 0.1) is 0 Å². The van der Waals surface area contributed by atoms with Gasteiger partial charge in [0.2, 0.25) is 0 Å². The smallest absolute Gasteiger partial charge is 0.0309 e. The van der Waals surface area contributed by atoms with E-state index in [1.54, 1.807) is 5.01 Å². The molecule has 0 spiro atoms. The third-order valence-electron chi connectivity index (χ3n) is 1.09. The summed E-state index contributed by atoms with van der Waals surface area (Å²) in [6, 6.07) is 0. The molecule has 2 N–H and O–H groups in total. The zero-order chi connectivity index (χ0) is 5.11. The van der Waals surface area contributed by atoms with Crippen LogP contribution in [0.1, 0.15) is 6.42 Å². The van der Waals surface area contributed by atoms with Crippen LogP contribution in [-0.2, 0) is 0 Å². The van der Waals surface area contributed by atoms with E-state index >= 15 is 0 Å². The third kappa shape index (κ3) is 2.31. The van der Waals surface area contributed by atoms with Crippen LogP contribution in [0.25, 0.3) is 0 Å². The van der Waals surface area contributed by atoms with Gasteiger partial charge in [-0.25, -0.2) is 5.01 Å². The molecular weight excluding hydrogens is 124 g/mol. The van der Waals surface area contributed by atoms with Crippen molar-refractivity contribution < 1.29 is 0 Å². The summed E-state index contributed by atoms with van der Waals surface area (Å²) in [5.74, 6) is 5.42. The van der Waals surface area contributed by atoms with Crippen molar-refractivity contribution in [3.05, 3.63) is 12.2 Å². The Labute approximate surface area is 55.7 Å². The van der Waals surface area contributed by atoms with E-state index in [9.17, 15) is 0 Å². The van der Waals surface area contributed by atoms with Crippen molar-refractivity contribution in [2.75, 3.05) is 13.1 Å². The van der Waals surface area contributed by atoms with Gasteiger partial charge in [0, 0.05) is 13.1 Å². The second-order valence-corrected chi connectivity index (χ2v) is 1.76. The first-order chi connectivity index (χ1) is 3.39. The van der Waals surface area contributed by atoms with Crippen molar-refractivity contribution >= 4 is 12.4 Å². The number of rotatable bonds is 0. The molecule has 0 fully saturated rings. The summed E-state index contributed by atoms with van der Waals surface area (Å²) in [5.41, 5.74) is 0. The summed E-state index contributed by atoms with van der Waals surface area (Å²) in [4.78, 5) is 0. The summed E-state index contributed by atoms with van der Waals surface area (Å²) in [7, 11) is 0. The fraction of sp³-hybridized carbons (Fsp3) is 0.600. The molecule has 0 aromatic heterocycles. The maximum atomic E-state index is 5.42. The van der Waals surface area contributed by atoms with E-state index in [1.165, 1.54) is 0 Å². The fourth-order valence-corrected chi connectivity index (χ4v) is 0.659. The van der Waals surface area contributed by atoms with Gasteiger partial charge in [-0.05, 0) is 6.42 Å². The topological polar surface area (TPSA) is 29.3 Å². The van der Waals surface area contributed by atoms with Crippen molar-refractivity contribution in [2.24, 2.45) is 5.84 Å². The number of hydrazine groups is 1. The van der Waals surface area contributed by atoms with E-state index < -0.39 is 0 Å². The van der Waals surface area contributed by atoms with Gasteiger partial charge in [-0.2, -0.15) is 0 Å². The predicted molar refractivity (Wildman–Crippen MR) is 36.8 cm³/mol. The largest absolute Gasteiger partial charge is 0.268 e. The molecule has 8 heavy (non-hydrogen) atoms. The van der Waals surface area contributed by atoms with Crippen molar-refractivity contribution in [3.63, 3.8) is 0 Å². The van der Waals surface area contributed by atoms with Gasteiger partial charge < -0.3 is 0 Å². The zero-order valence-electron chi connectivity index (χ0n) is 4.71. The first-order valence-corrected chi connectivity index (χ1v) is 2.54. The highest BCUT2D eigenvalue weighted by Crippen LogP contribution is 1.92. The van der Waals surface area contributed by atoms with Crippen LogP contribution in [0.4, 0.5) is 0 Å². The zero-order valence-corrected chi connectivity index (χ0v) is 5.53. The molecule has 0 unspecified atom stereocenters. The summed E-state index contributed by atoms with van der Waals surface area (Å²) in [5, 5.41) is 1.81. The highest BCUT2D eigenvalue weighted by molar-refractivity contribution is 5.85. The van der Waals surface area contributed by atoms with Gasteiger partial charge in [-0.1, -0.05) is 12.2 Å². The lowest BCUT2D eigenvalue weighted by Gasteiger charge is -2.15. The van der Waals surface area contributed by atoms with Crippen LogP contribution in [-0.4, -0.2) is 18.1 Å². The van der Waals surface area contributed by atoms with Gasteiger partial charge in [-0.3, -0.25) is 5.84 Å². The van der Waals surface area contributed by atoms with Gasteiger partial charge in [0.25, 0.3) is 0 Å². The van der Waals surface area contributed by atoms with Gasteiger partial charge in [0.1, 0.15) is 0 Å². The van der Waals surface area contributed by atoms with E-state index in [0.29, 0.717) is 0 Å². The van der Waals surface area contributed by atoms with Crippen molar-refractivity contribution in [2.45, 2.75) is 6.42 Å². The minimum absolute atomic E-state index is 0. The molecule has 1 heterocycles. The normalized spacial score (nSPS) is 20.1. The molecule has 0 saturated heterocycles. The standard InChI is InChI=1S/C5H10N2.ClH/c6-7-4-2-1-3-5-7;/h1-2H,3-6H2;1H. The van der Waals surface area contributed by atoms with Crippen LogP contribution >= 0.6 is 12.4 Å². The number of hydrogen-bond donors (Lipinski definition) is 1. The lowest BCUT2D eigenvalue weighted by atomic mass is 10.3. The number of nitrogens with two attached hydrogens (primary N) is 1. The SMILES string of the molecule is Cl.NN1CC=CCC1. The van der Waals surface area contributed by atoms with Crippen LogP contribution in [0.15, 0.2) is 12.2 Å². The van der Waals surface area contributed by atoms with Crippen LogP contribution in [0.3, 0.4) is 0 Å². The maximum absolute atomic E-state index is 5.42. The van der Waals surface area contributed by atoms with E-state index in [0.717, 1.165) is 19.5 Å². The first kappa shape index (κ1) is 7.95. The van der Waals surface area contributed by atoms with E-state index in [4.69, 9.17) is 5.84 Å². The van der Waals surface area contributed by atoms with Crippen LogP contribution < -0.4 is 5.84 Å². The van der Waals surface area contributed by atoms with Gasteiger partial charge in [-0.15, -0.1) is 12.4 Å². The summed E-state index contributed by atoms with van der Waals surface area (Å²) in [6.45, 7) is 1.93. The molecule has 3 heteroatoms. The van der Waals surface area contributed by atoms with E-state index in [2.05, 4.69) is 12.2 Å². The Balaban J connectivity index is 0.000000490. The predicted octanol–water partition coefficient (Wildman–Crippen LogP) is 0.544. The Bertz CT molecular complexity index is 82.5. The first-order valence-electron chi connectivity index (χ1n) is 2.54. The van der Waals surface area contributed by atoms with Gasteiger partial charge >= 0.3 is 0 Å². The summed E-state index contributed by atoms with van der Waals surface area (Å²) in [6.07, 6.45) is 5.35. The Morgan fingerprint density at radius 3 is 2.38 bits per heavy atom. The maximum Gasteiger partial charge on any atom is 0.0309 e. The van der Waals surface area contributed by atoms with Crippen molar-refractivity contribution in [1.29, 1.82) is 0 Å². The van der Waals surface area contributed by atoms with Crippen LogP contribution in [0.5, 0.6) is 0 Å². The highest BCUT2D eigenvalue weighted by atomic mass is 35.5. The Morgan fingerprint density at radius 1 is 1.38 bits per heavy atom. The number of halogens is 1. The Morgan fingerprint density at radius 2 is 2.12 bits per heavy atom. The second-order valence-electron chi connectivity index (χ2n) is 1.76. The summed E-state index contributed by atoms with van der Waals surface area (Å²) < 4.78 is 0. The lowest BCUT2D eigenvalue weighted by Crippen LogP contribution is -2.33. The quantitative estimate of drug-likeness (QED) is 0.387. The number of nitrogens with zero attached hydrogens (tertiary/aromatic N) is 1. The van der Waals surface area contributed by atoms with Crippen molar-refractivity contribution in [3.8, 4) is 0 Å². The minimum Gasteiger partial charge on any atom is -0.268 e. The summed E-state index contributed by atoms with van der Waals surface area (Å²) >= 11 is 0. The number of hydrogen-bond acceptors (Lipinski definition) is 2. The lowest BCUT2D eigenvalue weighted by molar-refractivity contribution is 0.310. The molecule has 0 aromatic carbocycles. The average molecular weight is 135 g/mol. The van der Waals surface area contributed by atoms with Crippen molar-refractivity contribution in [1.82, 2.24) is 5.01 Å².